The number of alkyl halides is 3. The van der Waals surface area contributed by atoms with Gasteiger partial charge in [0.15, 0.2) is 11.7 Å². The van der Waals surface area contributed by atoms with Gasteiger partial charge in [0.05, 0.1) is 17.8 Å². The maximum Gasteiger partial charge on any atom is 0.573 e. The van der Waals surface area contributed by atoms with E-state index < -0.39 is 6.36 Å². The molecule has 1 aliphatic heterocycles. The Bertz CT molecular complexity index is 652. The van der Waals surface area contributed by atoms with Crippen molar-refractivity contribution in [3.8, 4) is 5.75 Å². The number of para-hydroxylation sites is 2. The molecular weight excluding hydrogens is 450 g/mol. The SMILES string of the molecule is CC1(C)C(N=C(N)Nc2ccccc2OC(F)(F)F)C2CCOC21.I. The summed E-state index contributed by atoms with van der Waals surface area (Å²) in [7, 11) is 0. The van der Waals surface area contributed by atoms with Crippen LogP contribution in [0.5, 0.6) is 5.75 Å². The zero-order chi connectivity index (χ0) is 17.5. The molecule has 3 rings (SSSR count). The molecule has 2 aliphatic rings. The Hall–Kier alpha value is -1.23. The Morgan fingerprint density at radius 2 is 2.04 bits per heavy atom. The molecule has 2 fully saturated rings. The van der Waals surface area contributed by atoms with Crippen LogP contribution in [0.25, 0.3) is 0 Å². The quantitative estimate of drug-likeness (QED) is 0.401. The molecular formula is C16H21F3IN3O2. The zero-order valence-corrected chi connectivity index (χ0v) is 16.2. The lowest BCUT2D eigenvalue weighted by Crippen LogP contribution is -2.59. The molecule has 1 aromatic carbocycles. The molecule has 1 heterocycles. The second-order valence-electron chi connectivity index (χ2n) is 6.69. The molecule has 3 atom stereocenters. The van der Waals surface area contributed by atoms with Crippen LogP contribution in [0, 0.1) is 11.3 Å². The molecule has 0 radical (unpaired) electrons. The van der Waals surface area contributed by atoms with Gasteiger partial charge >= 0.3 is 6.36 Å². The van der Waals surface area contributed by atoms with Gasteiger partial charge in [0.2, 0.25) is 0 Å². The summed E-state index contributed by atoms with van der Waals surface area (Å²) in [6, 6.07) is 5.70. The maximum atomic E-state index is 12.5. The summed E-state index contributed by atoms with van der Waals surface area (Å²) in [6.07, 6.45) is -3.68. The molecule has 5 nitrogen and oxygen atoms in total. The van der Waals surface area contributed by atoms with Crippen LogP contribution in [-0.2, 0) is 4.74 Å². The summed E-state index contributed by atoms with van der Waals surface area (Å²) in [6.45, 7) is 4.82. The third-order valence-electron chi connectivity index (χ3n) is 4.69. The molecule has 0 bridgehead atoms. The van der Waals surface area contributed by atoms with Gasteiger partial charge in [-0.2, -0.15) is 0 Å². The van der Waals surface area contributed by atoms with E-state index in [-0.39, 0.29) is 58.9 Å². The van der Waals surface area contributed by atoms with Crippen molar-refractivity contribution < 1.29 is 22.6 Å². The number of fused-ring (bicyclic) bond motifs is 1. The Morgan fingerprint density at radius 3 is 2.72 bits per heavy atom. The lowest BCUT2D eigenvalue weighted by molar-refractivity contribution is -0.274. The fourth-order valence-electron chi connectivity index (χ4n) is 3.66. The fourth-order valence-corrected chi connectivity index (χ4v) is 3.66. The third-order valence-corrected chi connectivity index (χ3v) is 4.69. The summed E-state index contributed by atoms with van der Waals surface area (Å²) in [4.78, 5) is 4.48. The van der Waals surface area contributed by atoms with Gasteiger partial charge in [-0.05, 0) is 18.6 Å². The highest BCUT2D eigenvalue weighted by Crippen LogP contribution is 2.53. The van der Waals surface area contributed by atoms with Gasteiger partial charge in [-0.15, -0.1) is 37.1 Å². The molecule has 1 aromatic rings. The monoisotopic (exact) mass is 471 g/mol. The number of hydrogen-bond acceptors (Lipinski definition) is 3. The van der Waals surface area contributed by atoms with Crippen LogP contribution in [-0.4, -0.2) is 31.1 Å². The first-order valence-electron chi connectivity index (χ1n) is 7.75. The van der Waals surface area contributed by atoms with Crippen molar-refractivity contribution in [1.82, 2.24) is 0 Å². The molecule has 1 aliphatic carbocycles. The van der Waals surface area contributed by atoms with E-state index >= 15 is 0 Å². The van der Waals surface area contributed by atoms with Gasteiger partial charge in [-0.1, -0.05) is 26.0 Å². The highest BCUT2D eigenvalue weighted by atomic mass is 127. The van der Waals surface area contributed by atoms with Gasteiger partial charge in [0.1, 0.15) is 0 Å². The van der Waals surface area contributed by atoms with Crippen molar-refractivity contribution in [2.75, 3.05) is 11.9 Å². The number of aliphatic imine (C=N–C) groups is 1. The minimum absolute atomic E-state index is 0. The maximum absolute atomic E-state index is 12.5. The minimum Gasteiger partial charge on any atom is -0.404 e. The number of nitrogens with one attached hydrogen (secondary N) is 1. The lowest BCUT2D eigenvalue weighted by atomic mass is 9.57. The van der Waals surface area contributed by atoms with Crippen molar-refractivity contribution in [1.29, 1.82) is 0 Å². The van der Waals surface area contributed by atoms with E-state index in [2.05, 4.69) is 28.9 Å². The van der Waals surface area contributed by atoms with Crippen LogP contribution in [0.15, 0.2) is 29.3 Å². The van der Waals surface area contributed by atoms with E-state index in [9.17, 15) is 13.2 Å². The molecule has 0 aromatic heterocycles. The third kappa shape index (κ3) is 4.13. The molecule has 25 heavy (non-hydrogen) atoms. The summed E-state index contributed by atoms with van der Waals surface area (Å²) in [5.74, 6) is 0.0248. The first kappa shape index (κ1) is 20.1. The van der Waals surface area contributed by atoms with Crippen LogP contribution in [0.1, 0.15) is 20.3 Å². The number of rotatable bonds is 3. The standard InChI is InChI=1S/C16H20F3N3O2.HI/c1-15(2)12(9-7-8-23-13(9)15)22-14(20)21-10-5-3-4-6-11(10)24-16(17,18)19;/h3-6,9,12-13H,7-8H2,1-2H3,(H3,20,21,22);1H. The van der Waals surface area contributed by atoms with Crippen LogP contribution < -0.4 is 15.8 Å². The highest BCUT2D eigenvalue weighted by Gasteiger charge is 2.59. The van der Waals surface area contributed by atoms with E-state index in [0.29, 0.717) is 12.5 Å². The van der Waals surface area contributed by atoms with Gasteiger partial charge in [-0.3, -0.25) is 0 Å². The van der Waals surface area contributed by atoms with Crippen molar-refractivity contribution in [2.24, 2.45) is 22.1 Å². The van der Waals surface area contributed by atoms with E-state index in [1.165, 1.54) is 18.2 Å². The van der Waals surface area contributed by atoms with E-state index in [0.717, 1.165) is 6.42 Å². The summed E-state index contributed by atoms with van der Waals surface area (Å²) in [5.41, 5.74) is 5.89. The van der Waals surface area contributed by atoms with Crippen LogP contribution in [0.3, 0.4) is 0 Å². The van der Waals surface area contributed by atoms with Crippen LogP contribution in [0.2, 0.25) is 0 Å². The average molecular weight is 471 g/mol. The molecule has 1 saturated carbocycles. The van der Waals surface area contributed by atoms with Gasteiger partial charge in [-0.25, -0.2) is 4.99 Å². The van der Waals surface area contributed by atoms with E-state index in [4.69, 9.17) is 10.5 Å². The Kier molecular flexibility index (Phi) is 5.77. The molecule has 9 heteroatoms. The van der Waals surface area contributed by atoms with Gasteiger partial charge in [0.25, 0.3) is 0 Å². The average Bonchev–Trinajstić information content (AvgIpc) is 2.92. The number of hydrogen-bond donors (Lipinski definition) is 2. The zero-order valence-electron chi connectivity index (χ0n) is 13.8. The molecule has 0 amide bonds. The Balaban J connectivity index is 0.00000225. The largest absolute Gasteiger partial charge is 0.573 e. The van der Waals surface area contributed by atoms with Crippen molar-refractivity contribution in [2.45, 2.75) is 38.8 Å². The number of ether oxygens (including phenoxy) is 2. The molecule has 3 unspecified atom stereocenters. The number of guanidine groups is 1. The van der Waals surface area contributed by atoms with E-state index in [1.54, 1.807) is 6.07 Å². The van der Waals surface area contributed by atoms with Crippen molar-refractivity contribution in [3.63, 3.8) is 0 Å². The molecule has 0 spiro atoms. The van der Waals surface area contributed by atoms with Gasteiger partial charge in [0, 0.05) is 17.9 Å². The van der Waals surface area contributed by atoms with Gasteiger partial charge < -0.3 is 20.5 Å². The van der Waals surface area contributed by atoms with Crippen LogP contribution >= 0.6 is 24.0 Å². The highest BCUT2D eigenvalue weighted by molar-refractivity contribution is 14.0. The smallest absolute Gasteiger partial charge is 0.404 e. The second kappa shape index (κ2) is 7.18. The topological polar surface area (TPSA) is 68.9 Å². The fraction of sp³-hybridized carbons (Fsp3) is 0.562. The lowest BCUT2D eigenvalue weighted by Gasteiger charge is -2.52. The molecule has 140 valence electrons. The minimum atomic E-state index is -4.77. The second-order valence-corrected chi connectivity index (χ2v) is 6.69. The predicted molar refractivity (Wildman–Crippen MR) is 99.2 cm³/mol. The first-order valence-corrected chi connectivity index (χ1v) is 7.75. The van der Waals surface area contributed by atoms with Crippen molar-refractivity contribution in [3.05, 3.63) is 24.3 Å². The predicted octanol–water partition coefficient (Wildman–Crippen LogP) is 3.74. The number of halogens is 4. The van der Waals surface area contributed by atoms with E-state index in [1.807, 2.05) is 0 Å². The first-order chi connectivity index (χ1) is 11.2. The van der Waals surface area contributed by atoms with Crippen LogP contribution in [0.4, 0.5) is 18.9 Å². The number of anilines is 1. The van der Waals surface area contributed by atoms with Crippen molar-refractivity contribution >= 4 is 35.6 Å². The summed E-state index contributed by atoms with van der Waals surface area (Å²) in [5, 5.41) is 2.71. The molecule has 3 N–H and O–H groups in total. The molecule has 1 saturated heterocycles. The number of benzene rings is 1. The number of nitrogens with zero attached hydrogens (tertiary/aromatic N) is 1. The normalized spacial score (nSPS) is 27.7. The number of nitrogens with two attached hydrogens (primary N) is 1. The summed E-state index contributed by atoms with van der Waals surface area (Å²) < 4.78 is 47.1. The summed E-state index contributed by atoms with van der Waals surface area (Å²) >= 11 is 0. The Morgan fingerprint density at radius 1 is 1.36 bits per heavy atom. The Labute approximate surface area is 161 Å².